The van der Waals surface area contributed by atoms with E-state index >= 15 is 0 Å². The monoisotopic (exact) mass is 366 g/mol. The van der Waals surface area contributed by atoms with E-state index in [0.29, 0.717) is 0 Å². The molecule has 0 amide bonds. The van der Waals surface area contributed by atoms with Gasteiger partial charge >= 0.3 is 0 Å². The zero-order valence-corrected chi connectivity index (χ0v) is 16.5. The van der Waals surface area contributed by atoms with Crippen molar-refractivity contribution < 1.29 is 0 Å². The Hall–Kier alpha value is -0.220. The van der Waals surface area contributed by atoms with Gasteiger partial charge in [0.05, 0.1) is 0 Å². The van der Waals surface area contributed by atoms with Crippen LogP contribution in [0.25, 0.3) is 0 Å². The van der Waals surface area contributed by atoms with E-state index in [1.807, 2.05) is 12.1 Å². The number of thioether (sulfide) groups is 1. The molecular formula is C20H31ClN2S. The summed E-state index contributed by atoms with van der Waals surface area (Å²) in [6.45, 7) is 5.03. The van der Waals surface area contributed by atoms with Crippen molar-refractivity contribution >= 4 is 23.4 Å². The molecule has 0 unspecified atom stereocenters. The minimum Gasteiger partial charge on any atom is -0.303 e. The van der Waals surface area contributed by atoms with E-state index in [0.717, 1.165) is 23.4 Å². The number of nitrogens with zero attached hydrogens (tertiary/aromatic N) is 2. The maximum Gasteiger partial charge on any atom is 0.0406 e. The Morgan fingerprint density at radius 2 is 1.75 bits per heavy atom. The Bertz CT molecular complexity index is 479. The van der Waals surface area contributed by atoms with E-state index in [1.165, 1.54) is 68.9 Å². The number of hydrogen-bond acceptors (Lipinski definition) is 3. The molecule has 2 heterocycles. The van der Waals surface area contributed by atoms with Crippen molar-refractivity contribution in [1.29, 1.82) is 0 Å². The largest absolute Gasteiger partial charge is 0.303 e. The zero-order chi connectivity index (χ0) is 16.8. The molecule has 2 aliphatic heterocycles. The smallest absolute Gasteiger partial charge is 0.0406 e. The third-order valence-electron chi connectivity index (χ3n) is 5.70. The lowest BCUT2D eigenvalue weighted by Crippen LogP contribution is -2.42. The summed E-state index contributed by atoms with van der Waals surface area (Å²) < 4.78 is 0. The molecule has 0 atom stereocenters. The summed E-state index contributed by atoms with van der Waals surface area (Å²) in [7, 11) is 2.35. The predicted molar refractivity (Wildman–Crippen MR) is 107 cm³/mol. The molecule has 2 nitrogen and oxygen atoms in total. The first-order valence-electron chi connectivity index (χ1n) is 9.45. The molecule has 24 heavy (non-hydrogen) atoms. The van der Waals surface area contributed by atoms with Gasteiger partial charge in [-0.1, -0.05) is 23.7 Å². The maximum absolute atomic E-state index is 5.96. The summed E-state index contributed by atoms with van der Waals surface area (Å²) in [6.07, 6.45) is 6.66. The van der Waals surface area contributed by atoms with Crippen LogP contribution in [0.5, 0.6) is 0 Å². The van der Waals surface area contributed by atoms with Crippen LogP contribution in [0.4, 0.5) is 0 Å². The second kappa shape index (κ2) is 9.47. The average Bonchev–Trinajstić information content (AvgIpc) is 2.63. The molecule has 1 aromatic carbocycles. The Labute approximate surface area is 156 Å². The van der Waals surface area contributed by atoms with Crippen molar-refractivity contribution in [3.63, 3.8) is 0 Å². The molecule has 2 saturated heterocycles. The summed E-state index contributed by atoms with van der Waals surface area (Å²) in [4.78, 5) is 5.30. The van der Waals surface area contributed by atoms with E-state index in [9.17, 15) is 0 Å². The number of benzene rings is 1. The fourth-order valence-corrected chi connectivity index (χ4v) is 5.22. The van der Waals surface area contributed by atoms with Crippen LogP contribution in [0.2, 0.25) is 5.02 Å². The molecule has 1 aromatic rings. The summed E-state index contributed by atoms with van der Waals surface area (Å²) in [6, 6.07) is 9.17. The molecule has 0 radical (unpaired) electrons. The van der Waals surface area contributed by atoms with Crippen LogP contribution >= 0.6 is 23.4 Å². The molecule has 0 saturated carbocycles. The van der Waals surface area contributed by atoms with Crippen LogP contribution < -0.4 is 0 Å². The van der Waals surface area contributed by atoms with Gasteiger partial charge in [0, 0.05) is 24.2 Å². The van der Waals surface area contributed by atoms with Crippen molar-refractivity contribution in [2.75, 3.05) is 44.7 Å². The van der Waals surface area contributed by atoms with Gasteiger partial charge in [-0.15, -0.1) is 0 Å². The predicted octanol–water partition coefficient (Wildman–Crippen LogP) is 4.42. The van der Waals surface area contributed by atoms with Crippen molar-refractivity contribution in [2.45, 2.75) is 38.1 Å². The second-order valence-corrected chi connectivity index (χ2v) is 9.11. The molecule has 2 aliphatic rings. The van der Waals surface area contributed by atoms with Gasteiger partial charge in [0.2, 0.25) is 0 Å². The fourth-order valence-electron chi connectivity index (χ4n) is 4.01. The van der Waals surface area contributed by atoms with Crippen LogP contribution in [0, 0.1) is 5.92 Å². The number of hydrogen-bond donors (Lipinski definition) is 0. The van der Waals surface area contributed by atoms with Gasteiger partial charge < -0.3 is 9.80 Å². The first-order valence-corrected chi connectivity index (χ1v) is 11.0. The number of piperidine rings is 1. The van der Waals surface area contributed by atoms with Crippen LogP contribution in [0.15, 0.2) is 24.3 Å². The molecule has 3 rings (SSSR count). The first-order chi connectivity index (χ1) is 11.7. The molecule has 0 aromatic heterocycles. The van der Waals surface area contributed by atoms with Gasteiger partial charge in [-0.25, -0.2) is 0 Å². The van der Waals surface area contributed by atoms with E-state index < -0.39 is 0 Å². The molecule has 134 valence electrons. The molecule has 0 N–H and O–H groups in total. The van der Waals surface area contributed by atoms with Crippen LogP contribution in [0.3, 0.4) is 0 Å². The van der Waals surface area contributed by atoms with Gasteiger partial charge in [0.1, 0.15) is 0 Å². The highest BCUT2D eigenvalue weighted by Gasteiger charge is 2.24. The van der Waals surface area contributed by atoms with Gasteiger partial charge in [-0.05, 0) is 87.4 Å². The molecular weight excluding hydrogens is 336 g/mol. The van der Waals surface area contributed by atoms with Crippen LogP contribution in [-0.2, 0) is 6.42 Å². The normalized spacial score (nSPS) is 21.5. The van der Waals surface area contributed by atoms with E-state index in [-0.39, 0.29) is 0 Å². The molecule has 0 spiro atoms. The summed E-state index contributed by atoms with van der Waals surface area (Å²) >= 11 is 8.08. The maximum atomic E-state index is 5.96. The zero-order valence-electron chi connectivity index (χ0n) is 14.9. The highest BCUT2D eigenvalue weighted by Crippen LogP contribution is 2.24. The van der Waals surface area contributed by atoms with Gasteiger partial charge in [-0.3, -0.25) is 0 Å². The Balaban J connectivity index is 1.35. The van der Waals surface area contributed by atoms with Gasteiger partial charge in [-0.2, -0.15) is 11.8 Å². The molecule has 4 heteroatoms. The highest BCUT2D eigenvalue weighted by atomic mass is 35.5. The van der Waals surface area contributed by atoms with Crippen molar-refractivity contribution in [1.82, 2.24) is 9.80 Å². The van der Waals surface area contributed by atoms with E-state index in [1.54, 1.807) is 0 Å². The van der Waals surface area contributed by atoms with Gasteiger partial charge in [0.15, 0.2) is 0 Å². The molecule has 0 aliphatic carbocycles. The fraction of sp³-hybridized carbons (Fsp3) is 0.700. The third-order valence-corrected chi connectivity index (χ3v) is 7.00. The minimum atomic E-state index is 0.834. The first kappa shape index (κ1) is 18.6. The Morgan fingerprint density at radius 3 is 2.42 bits per heavy atom. The van der Waals surface area contributed by atoms with Crippen molar-refractivity contribution in [2.24, 2.45) is 5.92 Å². The van der Waals surface area contributed by atoms with Gasteiger partial charge in [0.25, 0.3) is 0 Å². The summed E-state index contributed by atoms with van der Waals surface area (Å²) in [5.74, 6) is 3.62. The standard InChI is InChI=1S/C20H31ClN2S/c1-22(20-9-14-24-15-10-20)16-18-7-12-23(13-8-18)11-6-17-2-4-19(21)5-3-17/h2-5,18,20H,6-16H2,1H3. The van der Waals surface area contributed by atoms with E-state index in [4.69, 9.17) is 11.6 Å². The van der Waals surface area contributed by atoms with Crippen molar-refractivity contribution in [3.8, 4) is 0 Å². The van der Waals surface area contributed by atoms with Crippen LogP contribution in [0.1, 0.15) is 31.2 Å². The number of likely N-dealkylation sites (tertiary alicyclic amines) is 1. The highest BCUT2D eigenvalue weighted by molar-refractivity contribution is 7.99. The lowest BCUT2D eigenvalue weighted by molar-refractivity contribution is 0.132. The SMILES string of the molecule is CN(CC1CCN(CCc2ccc(Cl)cc2)CC1)C1CCSCC1. The number of halogens is 1. The second-order valence-electron chi connectivity index (χ2n) is 7.44. The number of rotatable bonds is 6. The average molecular weight is 367 g/mol. The topological polar surface area (TPSA) is 6.48 Å². The van der Waals surface area contributed by atoms with E-state index in [2.05, 4.69) is 40.7 Å². The summed E-state index contributed by atoms with van der Waals surface area (Å²) in [5, 5.41) is 0.834. The minimum absolute atomic E-state index is 0.834. The third kappa shape index (κ3) is 5.66. The lowest BCUT2D eigenvalue weighted by atomic mass is 9.95. The molecule has 2 fully saturated rings. The molecule has 0 bridgehead atoms. The summed E-state index contributed by atoms with van der Waals surface area (Å²) in [5.41, 5.74) is 1.40. The van der Waals surface area contributed by atoms with Crippen LogP contribution in [-0.4, -0.2) is 60.6 Å². The lowest BCUT2D eigenvalue weighted by Gasteiger charge is -2.37. The van der Waals surface area contributed by atoms with Crippen molar-refractivity contribution in [3.05, 3.63) is 34.9 Å². The Morgan fingerprint density at radius 1 is 1.08 bits per heavy atom. The Kier molecular flexibility index (Phi) is 7.33. The quantitative estimate of drug-likeness (QED) is 0.735.